The third-order valence-corrected chi connectivity index (χ3v) is 1.00. The number of aliphatic hydroxyl groups is 1. The van der Waals surface area contributed by atoms with E-state index in [1.54, 1.807) is 0 Å². The summed E-state index contributed by atoms with van der Waals surface area (Å²) in [7, 11) is 0. The molecule has 0 bridgehead atoms. The van der Waals surface area contributed by atoms with Gasteiger partial charge in [0, 0.05) is 13.2 Å². The molecule has 0 fully saturated rings. The molecule has 1 N–H and O–H groups in total. The summed E-state index contributed by atoms with van der Waals surface area (Å²) in [5.41, 5.74) is 0. The molecule has 0 spiro atoms. The Kier molecular flexibility index (Phi) is 5.99. The Hall–Kier alpha value is -0.0800. The van der Waals surface area contributed by atoms with Crippen molar-refractivity contribution in [3.05, 3.63) is 0 Å². The highest BCUT2D eigenvalue weighted by molar-refractivity contribution is 4.39. The molecule has 9 heavy (non-hydrogen) atoms. The van der Waals surface area contributed by atoms with Crippen LogP contribution in [0.3, 0.4) is 0 Å². The quantitative estimate of drug-likeness (QED) is 0.569. The van der Waals surface area contributed by atoms with Gasteiger partial charge < -0.3 is 9.84 Å². The fraction of sp³-hybridized carbons (Fsp3) is 1.00. The Bertz CT molecular complexity index is 52.9. The van der Waals surface area contributed by atoms with Gasteiger partial charge in [-0.25, -0.2) is 0 Å². The maximum atomic E-state index is 8.38. The van der Waals surface area contributed by atoms with E-state index in [4.69, 9.17) is 9.84 Å². The van der Waals surface area contributed by atoms with Crippen LogP contribution in [0.1, 0.15) is 26.7 Å². The fourth-order valence-electron chi connectivity index (χ4n) is 0.533. The lowest BCUT2D eigenvalue weighted by Crippen LogP contribution is -2.03. The van der Waals surface area contributed by atoms with E-state index in [1.165, 1.54) is 0 Å². The van der Waals surface area contributed by atoms with E-state index in [0.717, 1.165) is 19.4 Å². The number of ether oxygens (including phenoxy) is 1. The molecular formula is C7H16O2. The topological polar surface area (TPSA) is 29.5 Å². The number of hydrogen-bond acceptors (Lipinski definition) is 2. The van der Waals surface area contributed by atoms with Crippen molar-refractivity contribution in [1.29, 1.82) is 0 Å². The Balaban J connectivity index is 2.75. The van der Waals surface area contributed by atoms with Gasteiger partial charge in [-0.3, -0.25) is 0 Å². The second-order valence-electron chi connectivity index (χ2n) is 2.35. The Labute approximate surface area is 56.8 Å². The van der Waals surface area contributed by atoms with Gasteiger partial charge in [0.15, 0.2) is 0 Å². The second kappa shape index (κ2) is 6.05. The van der Waals surface area contributed by atoms with Gasteiger partial charge in [0.2, 0.25) is 0 Å². The fourth-order valence-corrected chi connectivity index (χ4v) is 0.533. The van der Waals surface area contributed by atoms with Crippen LogP contribution >= 0.6 is 0 Å². The lowest BCUT2D eigenvalue weighted by atomic mass is 10.3. The predicted molar refractivity (Wildman–Crippen MR) is 37.4 cm³/mol. The monoisotopic (exact) mass is 132 g/mol. The highest BCUT2D eigenvalue weighted by Gasteiger charge is 1.90. The van der Waals surface area contributed by atoms with Crippen LogP contribution in [0.25, 0.3) is 0 Å². The van der Waals surface area contributed by atoms with Crippen LogP contribution in [0.2, 0.25) is 0 Å². The zero-order chi connectivity index (χ0) is 7.11. The highest BCUT2D eigenvalue weighted by atomic mass is 16.5. The molecule has 0 amide bonds. The molecular weight excluding hydrogens is 116 g/mol. The Morgan fingerprint density at radius 1 is 1.33 bits per heavy atom. The maximum absolute atomic E-state index is 8.38. The smallest absolute Gasteiger partial charge is 0.0518 e. The van der Waals surface area contributed by atoms with E-state index in [-0.39, 0.29) is 6.61 Å². The summed E-state index contributed by atoms with van der Waals surface area (Å²) >= 11 is 0. The van der Waals surface area contributed by atoms with Gasteiger partial charge in [0.25, 0.3) is 0 Å². The Morgan fingerprint density at radius 3 is 2.44 bits per heavy atom. The van der Waals surface area contributed by atoms with Gasteiger partial charge in [-0.15, -0.1) is 0 Å². The van der Waals surface area contributed by atoms with Gasteiger partial charge in [-0.2, -0.15) is 0 Å². The van der Waals surface area contributed by atoms with E-state index in [9.17, 15) is 0 Å². The molecule has 0 radical (unpaired) electrons. The van der Waals surface area contributed by atoms with Gasteiger partial charge in [-0.1, -0.05) is 0 Å². The average molecular weight is 132 g/mol. The minimum absolute atomic E-state index is 0.279. The summed E-state index contributed by atoms with van der Waals surface area (Å²) in [4.78, 5) is 0. The van der Waals surface area contributed by atoms with Crippen molar-refractivity contribution in [1.82, 2.24) is 0 Å². The van der Waals surface area contributed by atoms with Crippen LogP contribution < -0.4 is 0 Å². The third-order valence-electron chi connectivity index (χ3n) is 1.00. The molecule has 0 aromatic heterocycles. The van der Waals surface area contributed by atoms with Crippen molar-refractivity contribution >= 4 is 0 Å². The first-order valence-corrected chi connectivity index (χ1v) is 3.50. The maximum Gasteiger partial charge on any atom is 0.0518 e. The Morgan fingerprint density at radius 2 is 2.00 bits per heavy atom. The van der Waals surface area contributed by atoms with Gasteiger partial charge in [0.05, 0.1) is 6.10 Å². The van der Waals surface area contributed by atoms with E-state index in [0.29, 0.717) is 6.10 Å². The molecule has 2 nitrogen and oxygen atoms in total. The van der Waals surface area contributed by atoms with E-state index in [1.807, 2.05) is 13.8 Å². The first-order valence-electron chi connectivity index (χ1n) is 3.50. The first-order chi connectivity index (χ1) is 4.27. The van der Waals surface area contributed by atoms with Crippen LogP contribution in [0.15, 0.2) is 0 Å². The molecule has 0 atom stereocenters. The number of hydrogen-bond donors (Lipinski definition) is 1. The van der Waals surface area contributed by atoms with Crippen LogP contribution in [-0.2, 0) is 4.74 Å². The average Bonchev–Trinajstić information content (AvgIpc) is 1.80. The normalized spacial score (nSPS) is 10.7. The largest absolute Gasteiger partial charge is 0.396 e. The van der Waals surface area contributed by atoms with Crippen LogP contribution in [0.4, 0.5) is 0 Å². The molecule has 0 heterocycles. The van der Waals surface area contributed by atoms with Crippen molar-refractivity contribution in [2.75, 3.05) is 13.2 Å². The SMILES string of the molecule is CC(C)OCCCCO. The summed E-state index contributed by atoms with van der Waals surface area (Å²) in [6.07, 6.45) is 2.14. The summed E-state index contributed by atoms with van der Waals surface area (Å²) in [5, 5.41) is 8.38. The highest BCUT2D eigenvalue weighted by Crippen LogP contribution is 1.92. The summed E-state index contributed by atoms with van der Waals surface area (Å²) in [6, 6.07) is 0. The van der Waals surface area contributed by atoms with Crippen LogP contribution in [0.5, 0.6) is 0 Å². The standard InChI is InChI=1S/C7H16O2/c1-7(2)9-6-4-3-5-8/h7-8H,3-6H2,1-2H3. The molecule has 0 saturated carbocycles. The zero-order valence-corrected chi connectivity index (χ0v) is 6.26. The lowest BCUT2D eigenvalue weighted by Gasteiger charge is -2.05. The van der Waals surface area contributed by atoms with Gasteiger partial charge in [0.1, 0.15) is 0 Å². The molecule has 2 heteroatoms. The predicted octanol–water partition coefficient (Wildman–Crippen LogP) is 1.18. The summed E-state index contributed by atoms with van der Waals surface area (Å²) < 4.78 is 5.23. The third kappa shape index (κ3) is 7.92. The van der Waals surface area contributed by atoms with E-state index >= 15 is 0 Å². The van der Waals surface area contributed by atoms with E-state index in [2.05, 4.69) is 0 Å². The molecule has 0 aliphatic carbocycles. The minimum Gasteiger partial charge on any atom is -0.396 e. The van der Waals surface area contributed by atoms with Gasteiger partial charge in [-0.05, 0) is 26.7 Å². The van der Waals surface area contributed by atoms with Crippen molar-refractivity contribution < 1.29 is 9.84 Å². The summed E-state index contributed by atoms with van der Waals surface area (Å²) in [6.45, 7) is 5.08. The molecule has 56 valence electrons. The van der Waals surface area contributed by atoms with Crippen LogP contribution in [0, 0.1) is 0 Å². The summed E-state index contributed by atoms with van der Waals surface area (Å²) in [5.74, 6) is 0. The van der Waals surface area contributed by atoms with Gasteiger partial charge >= 0.3 is 0 Å². The molecule has 0 unspecified atom stereocenters. The zero-order valence-electron chi connectivity index (χ0n) is 6.26. The number of unbranched alkanes of at least 4 members (excludes halogenated alkanes) is 1. The van der Waals surface area contributed by atoms with Crippen molar-refractivity contribution in [3.63, 3.8) is 0 Å². The van der Waals surface area contributed by atoms with E-state index < -0.39 is 0 Å². The molecule has 0 aromatic carbocycles. The molecule has 0 aromatic rings. The molecule has 0 aliphatic heterocycles. The van der Waals surface area contributed by atoms with Crippen molar-refractivity contribution in [3.8, 4) is 0 Å². The minimum atomic E-state index is 0.279. The van der Waals surface area contributed by atoms with Crippen molar-refractivity contribution in [2.24, 2.45) is 0 Å². The molecule has 0 rings (SSSR count). The second-order valence-corrected chi connectivity index (χ2v) is 2.35. The first kappa shape index (κ1) is 8.92. The number of rotatable bonds is 5. The number of aliphatic hydroxyl groups excluding tert-OH is 1. The van der Waals surface area contributed by atoms with Crippen molar-refractivity contribution in [2.45, 2.75) is 32.8 Å². The lowest BCUT2D eigenvalue weighted by molar-refractivity contribution is 0.0731. The molecule has 0 saturated heterocycles. The van der Waals surface area contributed by atoms with Crippen LogP contribution in [-0.4, -0.2) is 24.4 Å². The molecule has 0 aliphatic rings.